The topological polar surface area (TPSA) is 55.6 Å². The van der Waals surface area contributed by atoms with Gasteiger partial charge in [0, 0.05) is 37.5 Å². The summed E-state index contributed by atoms with van der Waals surface area (Å²) in [4.78, 5) is 13.7. The predicted octanol–water partition coefficient (Wildman–Crippen LogP) is 3.48. The summed E-state index contributed by atoms with van der Waals surface area (Å²) in [6.45, 7) is 9.43. The van der Waals surface area contributed by atoms with Crippen molar-refractivity contribution in [3.05, 3.63) is 24.3 Å². The third-order valence-electron chi connectivity index (χ3n) is 2.90. The molecular formula is C15H23N5S. The Morgan fingerprint density at radius 3 is 2.62 bits per heavy atom. The van der Waals surface area contributed by atoms with Crippen molar-refractivity contribution >= 4 is 17.6 Å². The van der Waals surface area contributed by atoms with Crippen LogP contribution < -0.4 is 5.32 Å². The molecule has 6 heteroatoms. The highest BCUT2D eigenvalue weighted by Crippen LogP contribution is 2.28. The summed E-state index contributed by atoms with van der Waals surface area (Å²) in [5.41, 5.74) is -0.0825. The van der Waals surface area contributed by atoms with E-state index in [9.17, 15) is 0 Å². The number of anilines is 1. The van der Waals surface area contributed by atoms with Gasteiger partial charge >= 0.3 is 0 Å². The van der Waals surface area contributed by atoms with E-state index in [1.54, 1.807) is 18.0 Å². The molecule has 2 heterocycles. The van der Waals surface area contributed by atoms with Crippen molar-refractivity contribution in [1.29, 1.82) is 0 Å². The van der Waals surface area contributed by atoms with Gasteiger partial charge in [-0.3, -0.25) is 0 Å². The Morgan fingerprint density at radius 1 is 1.29 bits per heavy atom. The molecule has 0 radical (unpaired) electrons. The molecule has 0 aromatic carbocycles. The molecule has 0 aliphatic rings. The average Bonchev–Trinajstić information content (AvgIpc) is 2.81. The fourth-order valence-corrected chi connectivity index (χ4v) is 2.51. The van der Waals surface area contributed by atoms with Crippen molar-refractivity contribution in [3.63, 3.8) is 0 Å². The van der Waals surface area contributed by atoms with Crippen LogP contribution in [0.15, 0.2) is 28.6 Å². The van der Waals surface area contributed by atoms with Gasteiger partial charge in [0.15, 0.2) is 5.16 Å². The van der Waals surface area contributed by atoms with Gasteiger partial charge in [0.1, 0.15) is 16.7 Å². The lowest BCUT2D eigenvalue weighted by molar-refractivity contribution is 0.539. The third kappa shape index (κ3) is 4.20. The first-order valence-electron chi connectivity index (χ1n) is 7.18. The summed E-state index contributed by atoms with van der Waals surface area (Å²) < 4.78 is 1.99. The Labute approximate surface area is 130 Å². The maximum atomic E-state index is 4.69. The molecule has 0 unspecified atom stereocenters. The summed E-state index contributed by atoms with van der Waals surface area (Å²) in [6.07, 6.45) is 4.80. The summed E-state index contributed by atoms with van der Waals surface area (Å²) in [6, 6.07) is 1.99. The Morgan fingerprint density at radius 2 is 2.05 bits per heavy atom. The van der Waals surface area contributed by atoms with Gasteiger partial charge in [0.2, 0.25) is 0 Å². The number of nitrogens with one attached hydrogen (secondary N) is 1. The van der Waals surface area contributed by atoms with Gasteiger partial charge in [-0.05, 0) is 18.2 Å². The van der Waals surface area contributed by atoms with Gasteiger partial charge in [-0.25, -0.2) is 15.0 Å². The molecule has 0 saturated heterocycles. The maximum absolute atomic E-state index is 4.69. The second kappa shape index (κ2) is 6.47. The molecule has 0 saturated carbocycles. The second-order valence-electron chi connectivity index (χ2n) is 6.01. The smallest absolute Gasteiger partial charge is 0.174 e. The van der Waals surface area contributed by atoms with Crippen LogP contribution >= 0.6 is 11.8 Å². The van der Waals surface area contributed by atoms with E-state index in [2.05, 4.69) is 48.0 Å². The largest absolute Gasteiger partial charge is 0.370 e. The molecule has 114 valence electrons. The van der Waals surface area contributed by atoms with Gasteiger partial charge < -0.3 is 9.88 Å². The van der Waals surface area contributed by atoms with Gasteiger partial charge in [0.05, 0.1) is 0 Å². The first kappa shape index (κ1) is 15.8. The van der Waals surface area contributed by atoms with Crippen molar-refractivity contribution < 1.29 is 0 Å². The molecule has 0 fully saturated rings. The average molecular weight is 305 g/mol. The molecule has 0 bridgehead atoms. The minimum atomic E-state index is -0.0825. The molecule has 1 N–H and O–H groups in total. The van der Waals surface area contributed by atoms with Crippen LogP contribution in [0.1, 0.15) is 39.9 Å². The van der Waals surface area contributed by atoms with Crippen LogP contribution in [0.4, 0.5) is 5.82 Å². The van der Waals surface area contributed by atoms with Gasteiger partial charge in [0.25, 0.3) is 0 Å². The minimum Gasteiger partial charge on any atom is -0.370 e. The maximum Gasteiger partial charge on any atom is 0.174 e. The van der Waals surface area contributed by atoms with Gasteiger partial charge in [-0.2, -0.15) is 0 Å². The zero-order valence-electron chi connectivity index (χ0n) is 13.3. The molecule has 0 spiro atoms. The Bertz CT molecular complexity index is 600. The Hall–Kier alpha value is -1.56. The van der Waals surface area contributed by atoms with Crippen molar-refractivity contribution in [2.24, 2.45) is 7.05 Å². The lowest BCUT2D eigenvalue weighted by atomic mass is 9.96. The highest BCUT2D eigenvalue weighted by Gasteiger charge is 2.19. The SMILES string of the molecule is CCCNc1cc(Sc2nccn2C)nc(C(C)(C)C)n1. The molecule has 0 aliphatic carbocycles. The number of nitrogens with zero attached hydrogens (tertiary/aromatic N) is 4. The number of imidazole rings is 1. The molecule has 0 atom stereocenters. The molecule has 21 heavy (non-hydrogen) atoms. The first-order chi connectivity index (χ1) is 9.90. The standard InChI is InChI=1S/C15H23N5S/c1-6-7-16-11-10-12(19-13(18-11)15(2,3)4)21-14-17-8-9-20(14)5/h8-10H,6-7H2,1-5H3,(H,16,18,19). The molecule has 0 amide bonds. The van der Waals surface area contributed by atoms with Crippen LogP contribution in [0.3, 0.4) is 0 Å². The van der Waals surface area contributed by atoms with E-state index in [-0.39, 0.29) is 5.41 Å². The van der Waals surface area contributed by atoms with Gasteiger partial charge in [-0.1, -0.05) is 27.7 Å². The highest BCUT2D eigenvalue weighted by atomic mass is 32.2. The number of aryl methyl sites for hydroxylation is 1. The molecule has 2 aromatic rings. The van der Waals surface area contributed by atoms with Crippen molar-refractivity contribution in [2.75, 3.05) is 11.9 Å². The number of aromatic nitrogens is 4. The predicted molar refractivity (Wildman–Crippen MR) is 86.8 cm³/mol. The monoisotopic (exact) mass is 305 g/mol. The van der Waals surface area contributed by atoms with E-state index in [1.165, 1.54) is 0 Å². The van der Waals surface area contributed by atoms with E-state index < -0.39 is 0 Å². The van der Waals surface area contributed by atoms with Crippen LogP contribution in [-0.4, -0.2) is 26.1 Å². The number of hydrogen-bond donors (Lipinski definition) is 1. The van der Waals surface area contributed by atoms with Crippen LogP contribution in [0.25, 0.3) is 0 Å². The third-order valence-corrected chi connectivity index (χ3v) is 3.90. The number of rotatable bonds is 5. The van der Waals surface area contributed by atoms with E-state index in [0.29, 0.717) is 0 Å². The summed E-state index contributed by atoms with van der Waals surface area (Å²) >= 11 is 1.56. The van der Waals surface area contributed by atoms with Crippen LogP contribution in [0, 0.1) is 0 Å². The molecule has 2 rings (SSSR count). The fraction of sp³-hybridized carbons (Fsp3) is 0.533. The normalized spacial score (nSPS) is 11.7. The Balaban J connectivity index is 2.33. The molecule has 0 aliphatic heterocycles. The van der Waals surface area contributed by atoms with Crippen molar-refractivity contribution in [2.45, 2.75) is 49.7 Å². The minimum absolute atomic E-state index is 0.0825. The van der Waals surface area contributed by atoms with Crippen LogP contribution in [0.2, 0.25) is 0 Å². The molecule has 2 aromatic heterocycles. The molecular weight excluding hydrogens is 282 g/mol. The lowest BCUT2D eigenvalue weighted by Crippen LogP contribution is -2.18. The van der Waals surface area contributed by atoms with E-state index >= 15 is 0 Å². The summed E-state index contributed by atoms with van der Waals surface area (Å²) in [5.74, 6) is 1.73. The second-order valence-corrected chi connectivity index (χ2v) is 7.00. The van der Waals surface area contributed by atoms with Crippen molar-refractivity contribution in [3.8, 4) is 0 Å². The van der Waals surface area contributed by atoms with Gasteiger partial charge in [-0.15, -0.1) is 0 Å². The van der Waals surface area contributed by atoms with E-state index in [1.807, 2.05) is 23.9 Å². The lowest BCUT2D eigenvalue weighted by Gasteiger charge is -2.18. The van der Waals surface area contributed by atoms with Crippen LogP contribution in [0.5, 0.6) is 0 Å². The molecule has 5 nitrogen and oxygen atoms in total. The highest BCUT2D eigenvalue weighted by molar-refractivity contribution is 7.99. The van der Waals surface area contributed by atoms with Crippen molar-refractivity contribution in [1.82, 2.24) is 19.5 Å². The van der Waals surface area contributed by atoms with E-state index in [4.69, 9.17) is 0 Å². The summed E-state index contributed by atoms with van der Waals surface area (Å²) in [7, 11) is 1.98. The fourth-order valence-electron chi connectivity index (χ4n) is 1.70. The first-order valence-corrected chi connectivity index (χ1v) is 8.00. The van der Waals surface area contributed by atoms with Crippen LogP contribution in [-0.2, 0) is 12.5 Å². The zero-order chi connectivity index (χ0) is 15.5. The zero-order valence-corrected chi connectivity index (χ0v) is 14.2. The quantitative estimate of drug-likeness (QED) is 0.857. The summed E-state index contributed by atoms with van der Waals surface area (Å²) in [5, 5.41) is 5.19. The Kier molecular flexibility index (Phi) is 4.88. The number of hydrogen-bond acceptors (Lipinski definition) is 5. The van der Waals surface area contributed by atoms with E-state index in [0.717, 1.165) is 34.8 Å².